The number of nitrogens with two attached hydrogens (primary N) is 1. The summed E-state index contributed by atoms with van der Waals surface area (Å²) < 4.78 is 4.82. The van der Waals surface area contributed by atoms with Crippen molar-refractivity contribution in [2.75, 3.05) is 0 Å². The van der Waals surface area contributed by atoms with Gasteiger partial charge in [0, 0.05) is 5.39 Å². The van der Waals surface area contributed by atoms with Crippen LogP contribution in [0.15, 0.2) is 42.6 Å². The zero-order chi connectivity index (χ0) is 15.5. The summed E-state index contributed by atoms with van der Waals surface area (Å²) in [6.45, 7) is 0.0732. The van der Waals surface area contributed by atoms with Crippen LogP contribution >= 0.6 is 0 Å². The van der Waals surface area contributed by atoms with Gasteiger partial charge in [-0.15, -0.1) is 0 Å². The Kier molecular flexibility index (Phi) is 3.76. The van der Waals surface area contributed by atoms with E-state index in [-0.39, 0.29) is 13.2 Å². The van der Waals surface area contributed by atoms with E-state index in [4.69, 9.17) is 10.5 Å². The molecule has 1 heterocycles. The summed E-state index contributed by atoms with van der Waals surface area (Å²) in [5, 5.41) is 17.3. The van der Waals surface area contributed by atoms with Gasteiger partial charge in [-0.2, -0.15) is 5.10 Å². The second-order valence-electron chi connectivity index (χ2n) is 4.94. The molecule has 112 valence electrons. The third kappa shape index (κ3) is 2.77. The predicted molar refractivity (Wildman–Crippen MR) is 81.8 cm³/mol. The number of nitrogens with zero attached hydrogens (tertiary/aromatic N) is 1. The Morgan fingerprint density at radius 1 is 1.27 bits per heavy atom. The molecule has 0 saturated heterocycles. The topological polar surface area (TPSA) is 101 Å². The van der Waals surface area contributed by atoms with Crippen LogP contribution < -0.4 is 5.73 Å². The lowest BCUT2D eigenvalue weighted by molar-refractivity contribution is 0.150. The van der Waals surface area contributed by atoms with E-state index >= 15 is 0 Å². The molecule has 22 heavy (non-hydrogen) atoms. The molecule has 0 unspecified atom stereocenters. The predicted octanol–water partition coefficient (Wildman–Crippen LogP) is 2.32. The summed E-state index contributed by atoms with van der Waals surface area (Å²) in [6.07, 6.45) is 0.947. The quantitative estimate of drug-likeness (QED) is 0.687. The number of H-pyrrole nitrogens is 1. The number of fused-ring (bicyclic) bond motifs is 1. The Morgan fingerprint density at radius 2 is 2.14 bits per heavy atom. The standard InChI is InChI=1S/C16H15N3O3/c17-16(21)22-9-10-2-1-3-12(4-10)13-5-11(8-20)6-15-14(13)7-18-19-15/h1-7,20H,8-9H2,(H2,17,21)(H,18,19). The zero-order valence-corrected chi connectivity index (χ0v) is 11.7. The van der Waals surface area contributed by atoms with Crippen molar-refractivity contribution in [1.82, 2.24) is 10.2 Å². The van der Waals surface area contributed by atoms with E-state index in [0.29, 0.717) is 0 Å². The van der Waals surface area contributed by atoms with E-state index in [9.17, 15) is 9.90 Å². The van der Waals surface area contributed by atoms with Crippen LogP contribution in [-0.4, -0.2) is 21.4 Å². The van der Waals surface area contributed by atoms with Crippen LogP contribution in [0.3, 0.4) is 0 Å². The highest BCUT2D eigenvalue weighted by molar-refractivity contribution is 5.95. The lowest BCUT2D eigenvalue weighted by atomic mass is 9.98. The minimum atomic E-state index is -0.801. The minimum Gasteiger partial charge on any atom is -0.445 e. The molecule has 0 aliphatic rings. The molecule has 1 aromatic heterocycles. The number of carbonyl (C=O) groups is 1. The smallest absolute Gasteiger partial charge is 0.404 e. The summed E-state index contributed by atoms with van der Waals surface area (Å²) in [6, 6.07) is 11.4. The first-order valence-electron chi connectivity index (χ1n) is 6.76. The maximum Gasteiger partial charge on any atom is 0.404 e. The fourth-order valence-corrected chi connectivity index (χ4v) is 2.42. The number of hydrogen-bond acceptors (Lipinski definition) is 4. The molecule has 0 aliphatic carbocycles. The van der Waals surface area contributed by atoms with Gasteiger partial charge in [-0.1, -0.05) is 18.2 Å². The number of ether oxygens (including phenoxy) is 1. The molecular formula is C16H15N3O3. The zero-order valence-electron chi connectivity index (χ0n) is 11.7. The minimum absolute atomic E-state index is 0.0492. The normalized spacial score (nSPS) is 10.8. The summed E-state index contributed by atoms with van der Waals surface area (Å²) >= 11 is 0. The SMILES string of the molecule is NC(=O)OCc1cccc(-c2cc(CO)cc3[nH]ncc23)c1. The van der Waals surface area contributed by atoms with Gasteiger partial charge in [-0.25, -0.2) is 4.79 Å². The summed E-state index contributed by atoms with van der Waals surface area (Å²) in [5.74, 6) is 0. The molecule has 0 saturated carbocycles. The number of aliphatic hydroxyl groups excluding tert-OH is 1. The van der Waals surface area contributed by atoms with Crippen LogP contribution in [0.2, 0.25) is 0 Å². The molecule has 3 aromatic rings. The van der Waals surface area contributed by atoms with E-state index in [0.717, 1.165) is 33.2 Å². The summed E-state index contributed by atoms with van der Waals surface area (Å²) in [4.78, 5) is 10.7. The molecule has 4 N–H and O–H groups in total. The fraction of sp³-hybridized carbons (Fsp3) is 0.125. The van der Waals surface area contributed by atoms with Gasteiger partial charge in [-0.3, -0.25) is 5.10 Å². The molecule has 0 bridgehead atoms. The van der Waals surface area contributed by atoms with E-state index in [1.54, 1.807) is 6.20 Å². The number of aromatic nitrogens is 2. The number of rotatable bonds is 4. The van der Waals surface area contributed by atoms with Crippen LogP contribution in [0.4, 0.5) is 4.79 Å². The first-order chi connectivity index (χ1) is 10.7. The lowest BCUT2D eigenvalue weighted by Crippen LogP contribution is -2.12. The van der Waals surface area contributed by atoms with E-state index < -0.39 is 6.09 Å². The van der Waals surface area contributed by atoms with Crippen molar-refractivity contribution < 1.29 is 14.6 Å². The van der Waals surface area contributed by atoms with Crippen molar-refractivity contribution in [3.8, 4) is 11.1 Å². The van der Waals surface area contributed by atoms with Crippen molar-refractivity contribution in [2.45, 2.75) is 13.2 Å². The number of primary amides is 1. The van der Waals surface area contributed by atoms with Crippen molar-refractivity contribution in [2.24, 2.45) is 5.73 Å². The van der Waals surface area contributed by atoms with Gasteiger partial charge in [0.05, 0.1) is 18.3 Å². The van der Waals surface area contributed by atoms with Crippen molar-refractivity contribution in [3.63, 3.8) is 0 Å². The molecular weight excluding hydrogens is 282 g/mol. The Bertz CT molecular complexity index is 826. The summed E-state index contributed by atoms with van der Waals surface area (Å²) in [7, 11) is 0. The van der Waals surface area contributed by atoms with Crippen molar-refractivity contribution >= 4 is 17.0 Å². The number of aromatic amines is 1. The van der Waals surface area contributed by atoms with Gasteiger partial charge in [0.1, 0.15) is 6.61 Å². The van der Waals surface area contributed by atoms with Crippen LogP contribution in [0.25, 0.3) is 22.0 Å². The number of nitrogens with one attached hydrogen (secondary N) is 1. The Labute approximate surface area is 126 Å². The van der Waals surface area contributed by atoms with Gasteiger partial charge in [-0.05, 0) is 40.5 Å². The van der Waals surface area contributed by atoms with Crippen LogP contribution in [-0.2, 0) is 18.0 Å². The second-order valence-corrected chi connectivity index (χ2v) is 4.94. The van der Waals surface area contributed by atoms with Gasteiger partial charge < -0.3 is 15.6 Å². The molecule has 1 amide bonds. The molecule has 0 atom stereocenters. The third-order valence-electron chi connectivity index (χ3n) is 3.42. The lowest BCUT2D eigenvalue weighted by Gasteiger charge is -2.08. The third-order valence-corrected chi connectivity index (χ3v) is 3.42. The Hall–Kier alpha value is -2.86. The molecule has 0 fully saturated rings. The summed E-state index contributed by atoms with van der Waals surface area (Å²) in [5.41, 5.74) is 9.39. The van der Waals surface area contributed by atoms with Crippen LogP contribution in [0.1, 0.15) is 11.1 Å². The molecule has 6 nitrogen and oxygen atoms in total. The molecule has 3 rings (SSSR count). The second kappa shape index (κ2) is 5.87. The van der Waals surface area contributed by atoms with Gasteiger partial charge in [0.15, 0.2) is 0 Å². The maximum atomic E-state index is 10.7. The van der Waals surface area contributed by atoms with Crippen LogP contribution in [0, 0.1) is 0 Å². The monoisotopic (exact) mass is 297 g/mol. The van der Waals surface area contributed by atoms with Gasteiger partial charge in [0.2, 0.25) is 0 Å². The maximum absolute atomic E-state index is 10.7. The first-order valence-corrected chi connectivity index (χ1v) is 6.76. The fourth-order valence-electron chi connectivity index (χ4n) is 2.42. The largest absolute Gasteiger partial charge is 0.445 e. The highest BCUT2D eigenvalue weighted by Crippen LogP contribution is 2.30. The van der Waals surface area contributed by atoms with E-state index in [2.05, 4.69) is 10.2 Å². The number of hydrogen-bond donors (Lipinski definition) is 3. The molecule has 2 aromatic carbocycles. The number of benzene rings is 2. The Balaban J connectivity index is 2.05. The molecule has 0 radical (unpaired) electrons. The number of amides is 1. The van der Waals surface area contributed by atoms with E-state index in [1.165, 1.54) is 0 Å². The first kappa shape index (κ1) is 14.1. The highest BCUT2D eigenvalue weighted by Gasteiger charge is 2.09. The van der Waals surface area contributed by atoms with Crippen molar-refractivity contribution in [1.29, 1.82) is 0 Å². The molecule has 0 spiro atoms. The van der Waals surface area contributed by atoms with Gasteiger partial charge in [0.25, 0.3) is 0 Å². The van der Waals surface area contributed by atoms with Gasteiger partial charge >= 0.3 is 6.09 Å². The van der Waals surface area contributed by atoms with E-state index in [1.807, 2.05) is 36.4 Å². The molecule has 6 heteroatoms. The van der Waals surface area contributed by atoms with Crippen molar-refractivity contribution in [3.05, 3.63) is 53.7 Å². The van der Waals surface area contributed by atoms with Crippen LogP contribution in [0.5, 0.6) is 0 Å². The number of carbonyl (C=O) groups excluding carboxylic acids is 1. The average Bonchev–Trinajstić information content (AvgIpc) is 3.00. The number of aliphatic hydroxyl groups is 1. The highest BCUT2D eigenvalue weighted by atomic mass is 16.5. The Morgan fingerprint density at radius 3 is 2.91 bits per heavy atom. The average molecular weight is 297 g/mol. The molecule has 0 aliphatic heterocycles.